The second-order valence-electron chi connectivity index (χ2n) is 5.83. The van der Waals surface area contributed by atoms with E-state index < -0.39 is 4.92 Å². The standard InChI is InChI=1S/C18H18N2O5/c1-19(12-14-4-7-16-17(10-14)25-9-8-24-16)18(21)11-13-2-5-15(6-3-13)20(22)23/h2-7,10H,8-9,11-12H2,1H3. The first-order valence-electron chi connectivity index (χ1n) is 7.89. The Labute approximate surface area is 144 Å². The van der Waals surface area contributed by atoms with Gasteiger partial charge < -0.3 is 14.4 Å². The molecule has 0 fully saturated rings. The van der Waals surface area contributed by atoms with E-state index in [1.165, 1.54) is 12.1 Å². The van der Waals surface area contributed by atoms with Crippen LogP contribution in [0.4, 0.5) is 5.69 Å². The van der Waals surface area contributed by atoms with Gasteiger partial charge in [0.1, 0.15) is 13.2 Å². The molecule has 25 heavy (non-hydrogen) atoms. The minimum Gasteiger partial charge on any atom is -0.486 e. The molecular formula is C18H18N2O5. The smallest absolute Gasteiger partial charge is 0.269 e. The van der Waals surface area contributed by atoms with Crippen LogP contribution in [0.25, 0.3) is 0 Å². The Morgan fingerprint density at radius 1 is 1.08 bits per heavy atom. The van der Waals surface area contributed by atoms with Crippen molar-refractivity contribution in [3.63, 3.8) is 0 Å². The number of carbonyl (C=O) groups is 1. The quantitative estimate of drug-likeness (QED) is 0.616. The van der Waals surface area contributed by atoms with Crippen LogP contribution in [-0.4, -0.2) is 36.0 Å². The van der Waals surface area contributed by atoms with E-state index in [-0.39, 0.29) is 18.0 Å². The molecule has 2 aromatic carbocycles. The molecule has 0 radical (unpaired) electrons. The summed E-state index contributed by atoms with van der Waals surface area (Å²) in [6.07, 6.45) is 0.193. The summed E-state index contributed by atoms with van der Waals surface area (Å²) in [6.45, 7) is 1.51. The van der Waals surface area contributed by atoms with Crippen molar-refractivity contribution in [2.75, 3.05) is 20.3 Å². The molecule has 0 atom stereocenters. The first-order valence-corrected chi connectivity index (χ1v) is 7.89. The number of amides is 1. The molecule has 0 aromatic heterocycles. The zero-order valence-electron chi connectivity index (χ0n) is 13.8. The van der Waals surface area contributed by atoms with E-state index in [0.717, 1.165) is 16.9 Å². The summed E-state index contributed by atoms with van der Waals surface area (Å²) in [5, 5.41) is 10.7. The second-order valence-corrected chi connectivity index (χ2v) is 5.83. The average molecular weight is 342 g/mol. The van der Waals surface area contributed by atoms with Crippen molar-refractivity contribution in [1.29, 1.82) is 0 Å². The highest BCUT2D eigenvalue weighted by Crippen LogP contribution is 2.31. The van der Waals surface area contributed by atoms with Gasteiger partial charge in [0.25, 0.3) is 5.69 Å². The van der Waals surface area contributed by atoms with E-state index in [9.17, 15) is 14.9 Å². The predicted molar refractivity (Wildman–Crippen MR) is 90.7 cm³/mol. The molecule has 3 rings (SSSR count). The maximum Gasteiger partial charge on any atom is 0.269 e. The Morgan fingerprint density at radius 3 is 2.40 bits per heavy atom. The fourth-order valence-corrected chi connectivity index (χ4v) is 2.59. The first-order chi connectivity index (χ1) is 12.0. The van der Waals surface area contributed by atoms with Crippen LogP contribution in [0.1, 0.15) is 11.1 Å². The van der Waals surface area contributed by atoms with E-state index in [1.54, 1.807) is 24.1 Å². The van der Waals surface area contributed by atoms with Gasteiger partial charge in [-0.05, 0) is 23.3 Å². The SMILES string of the molecule is CN(Cc1ccc2c(c1)OCCO2)C(=O)Cc1ccc([N+](=O)[O-])cc1. The minimum absolute atomic E-state index is 0.0147. The van der Waals surface area contributed by atoms with Crippen LogP contribution in [0.2, 0.25) is 0 Å². The number of hydrogen-bond acceptors (Lipinski definition) is 5. The molecule has 0 saturated heterocycles. The fraction of sp³-hybridized carbons (Fsp3) is 0.278. The molecule has 0 unspecified atom stereocenters. The maximum atomic E-state index is 12.4. The van der Waals surface area contributed by atoms with Gasteiger partial charge in [-0.3, -0.25) is 14.9 Å². The number of fused-ring (bicyclic) bond motifs is 1. The van der Waals surface area contributed by atoms with Crippen molar-refractivity contribution >= 4 is 11.6 Å². The summed E-state index contributed by atoms with van der Waals surface area (Å²) >= 11 is 0. The molecule has 1 amide bonds. The molecule has 7 nitrogen and oxygen atoms in total. The molecule has 0 saturated carbocycles. The molecular weight excluding hydrogens is 324 g/mol. The molecule has 2 aromatic rings. The maximum absolute atomic E-state index is 12.4. The Bertz CT molecular complexity index is 789. The highest BCUT2D eigenvalue weighted by atomic mass is 16.6. The molecule has 1 aliphatic rings. The van der Waals surface area contributed by atoms with Crippen LogP contribution in [-0.2, 0) is 17.8 Å². The number of nitro benzene ring substituents is 1. The first kappa shape index (κ1) is 16.8. The van der Waals surface area contributed by atoms with E-state index in [4.69, 9.17) is 9.47 Å². The monoisotopic (exact) mass is 342 g/mol. The zero-order chi connectivity index (χ0) is 17.8. The molecule has 0 aliphatic carbocycles. The summed E-state index contributed by atoms with van der Waals surface area (Å²) in [7, 11) is 1.73. The topological polar surface area (TPSA) is 81.9 Å². The Morgan fingerprint density at radius 2 is 1.72 bits per heavy atom. The highest BCUT2D eigenvalue weighted by molar-refractivity contribution is 5.78. The van der Waals surface area contributed by atoms with Gasteiger partial charge in [-0.1, -0.05) is 18.2 Å². The molecule has 1 aliphatic heterocycles. The number of hydrogen-bond donors (Lipinski definition) is 0. The summed E-state index contributed by atoms with van der Waals surface area (Å²) in [6, 6.07) is 11.7. The summed E-state index contributed by atoms with van der Waals surface area (Å²) < 4.78 is 11.0. The van der Waals surface area contributed by atoms with Crippen LogP contribution in [0.15, 0.2) is 42.5 Å². The number of carbonyl (C=O) groups excluding carboxylic acids is 1. The number of nitrogens with zero attached hydrogens (tertiary/aromatic N) is 2. The van der Waals surface area contributed by atoms with Crippen molar-refractivity contribution < 1.29 is 19.2 Å². The van der Waals surface area contributed by atoms with Gasteiger partial charge in [0, 0.05) is 25.7 Å². The van der Waals surface area contributed by atoms with Crippen LogP contribution < -0.4 is 9.47 Å². The van der Waals surface area contributed by atoms with Crippen molar-refractivity contribution in [1.82, 2.24) is 4.90 Å². The lowest BCUT2D eigenvalue weighted by Gasteiger charge is -2.21. The molecule has 130 valence electrons. The minimum atomic E-state index is -0.459. The lowest BCUT2D eigenvalue weighted by atomic mass is 10.1. The van der Waals surface area contributed by atoms with E-state index >= 15 is 0 Å². The van der Waals surface area contributed by atoms with Crippen molar-refractivity contribution in [3.05, 3.63) is 63.7 Å². The van der Waals surface area contributed by atoms with Gasteiger partial charge >= 0.3 is 0 Å². The normalized spacial score (nSPS) is 12.5. The van der Waals surface area contributed by atoms with Gasteiger partial charge in [0.05, 0.1) is 11.3 Å². The third kappa shape index (κ3) is 4.06. The largest absolute Gasteiger partial charge is 0.486 e. The molecule has 0 N–H and O–H groups in total. The van der Waals surface area contributed by atoms with Crippen LogP contribution in [0.3, 0.4) is 0 Å². The van der Waals surface area contributed by atoms with Gasteiger partial charge in [-0.25, -0.2) is 0 Å². The van der Waals surface area contributed by atoms with Gasteiger partial charge in [0.15, 0.2) is 11.5 Å². The molecule has 0 spiro atoms. The number of non-ortho nitro benzene ring substituents is 1. The number of rotatable bonds is 5. The molecule has 0 bridgehead atoms. The average Bonchev–Trinajstić information content (AvgIpc) is 2.62. The fourth-order valence-electron chi connectivity index (χ4n) is 2.59. The van der Waals surface area contributed by atoms with Crippen LogP contribution >= 0.6 is 0 Å². The summed E-state index contributed by atoms with van der Waals surface area (Å²) in [5.41, 5.74) is 1.70. The Hall–Kier alpha value is -3.09. The summed E-state index contributed by atoms with van der Waals surface area (Å²) in [4.78, 5) is 24.2. The van der Waals surface area contributed by atoms with Gasteiger partial charge in [-0.15, -0.1) is 0 Å². The molecule has 7 heteroatoms. The summed E-state index contributed by atoms with van der Waals surface area (Å²) in [5.74, 6) is 1.35. The molecule has 1 heterocycles. The van der Waals surface area contributed by atoms with Crippen molar-refractivity contribution in [3.8, 4) is 11.5 Å². The van der Waals surface area contributed by atoms with Crippen molar-refractivity contribution in [2.24, 2.45) is 0 Å². The van der Waals surface area contributed by atoms with Crippen LogP contribution in [0.5, 0.6) is 11.5 Å². The van der Waals surface area contributed by atoms with Gasteiger partial charge in [0.2, 0.25) is 5.91 Å². The second kappa shape index (κ2) is 7.21. The Kier molecular flexibility index (Phi) is 4.83. The zero-order valence-corrected chi connectivity index (χ0v) is 13.8. The highest BCUT2D eigenvalue weighted by Gasteiger charge is 2.15. The van der Waals surface area contributed by atoms with Gasteiger partial charge in [-0.2, -0.15) is 0 Å². The predicted octanol–water partition coefficient (Wildman–Crippen LogP) is 2.57. The number of benzene rings is 2. The lowest BCUT2D eigenvalue weighted by molar-refractivity contribution is -0.384. The number of ether oxygens (including phenoxy) is 2. The third-order valence-corrected chi connectivity index (χ3v) is 3.95. The van der Waals surface area contributed by atoms with E-state index in [1.807, 2.05) is 18.2 Å². The number of nitro groups is 1. The lowest BCUT2D eigenvalue weighted by Crippen LogP contribution is -2.27. The third-order valence-electron chi connectivity index (χ3n) is 3.95. The Balaban J connectivity index is 1.61. The number of likely N-dealkylation sites (N-methyl/N-ethyl adjacent to an activating group) is 1. The van der Waals surface area contributed by atoms with Crippen LogP contribution in [0, 0.1) is 10.1 Å². The van der Waals surface area contributed by atoms with E-state index in [0.29, 0.717) is 25.5 Å². The van der Waals surface area contributed by atoms with E-state index in [2.05, 4.69) is 0 Å². The van der Waals surface area contributed by atoms with Crippen molar-refractivity contribution in [2.45, 2.75) is 13.0 Å².